The molecule has 1 nitrogen and oxygen atoms in total. The van der Waals surface area contributed by atoms with Gasteiger partial charge in [0.2, 0.25) is 0 Å². The number of benzene rings is 1. The lowest BCUT2D eigenvalue weighted by atomic mass is 10.0. The van der Waals surface area contributed by atoms with Gasteiger partial charge in [-0.2, -0.15) is 0 Å². The van der Waals surface area contributed by atoms with Gasteiger partial charge < -0.3 is 5.11 Å². The summed E-state index contributed by atoms with van der Waals surface area (Å²) in [7, 11) is 0. The first kappa shape index (κ1) is 8.79. The Labute approximate surface area is 72.7 Å². The first-order valence-electron chi connectivity index (χ1n) is 3.85. The lowest BCUT2D eigenvalue weighted by Gasteiger charge is -2.07. The largest absolute Gasteiger partial charge is 0.384 e. The van der Waals surface area contributed by atoms with Crippen LogP contribution in [0.3, 0.4) is 0 Å². The Morgan fingerprint density at radius 3 is 2.75 bits per heavy atom. The van der Waals surface area contributed by atoms with Crippen molar-refractivity contribution in [2.45, 2.75) is 13.0 Å². The van der Waals surface area contributed by atoms with Crippen LogP contribution < -0.4 is 0 Å². The van der Waals surface area contributed by atoms with Crippen LogP contribution in [0.4, 0.5) is 0 Å². The van der Waals surface area contributed by atoms with Gasteiger partial charge in [-0.1, -0.05) is 30.8 Å². The molecule has 0 radical (unpaired) electrons. The van der Waals surface area contributed by atoms with E-state index in [1.54, 1.807) is 6.08 Å². The maximum atomic E-state index is 9.54. The molecule has 0 fully saturated rings. The van der Waals surface area contributed by atoms with E-state index in [0.717, 1.165) is 11.1 Å². The summed E-state index contributed by atoms with van der Waals surface area (Å²) in [6.07, 6.45) is 0.964. The van der Waals surface area contributed by atoms with E-state index in [0.29, 0.717) is 0 Å². The van der Waals surface area contributed by atoms with E-state index in [-0.39, 0.29) is 0 Å². The van der Waals surface area contributed by atoms with Crippen molar-refractivity contribution in [2.24, 2.45) is 0 Å². The van der Waals surface area contributed by atoms with Gasteiger partial charge in [-0.25, -0.2) is 0 Å². The molecule has 0 heterocycles. The molecule has 0 aliphatic heterocycles. The maximum Gasteiger partial charge on any atom is 0.105 e. The van der Waals surface area contributed by atoms with Crippen molar-refractivity contribution in [3.8, 4) is 0 Å². The lowest BCUT2D eigenvalue weighted by Crippen LogP contribution is -1.94. The summed E-state index contributed by atoms with van der Waals surface area (Å²) in [5, 5.41) is 9.54. The predicted octanol–water partition coefficient (Wildman–Crippen LogP) is 2.37. The molecule has 1 aromatic rings. The molecule has 1 N–H and O–H groups in total. The third-order valence-corrected chi connectivity index (χ3v) is 1.78. The summed E-state index contributed by atoms with van der Waals surface area (Å²) in [5.41, 5.74) is 4.56. The van der Waals surface area contributed by atoms with Gasteiger partial charge in [0.1, 0.15) is 6.10 Å². The van der Waals surface area contributed by atoms with Crippen LogP contribution in [0.15, 0.2) is 42.7 Å². The Kier molecular flexibility index (Phi) is 2.87. The Morgan fingerprint density at radius 1 is 1.50 bits per heavy atom. The van der Waals surface area contributed by atoms with E-state index in [1.807, 2.05) is 31.2 Å². The quantitative estimate of drug-likeness (QED) is 0.658. The molecule has 0 aliphatic carbocycles. The molecule has 0 saturated heterocycles. The predicted molar refractivity (Wildman–Crippen MR) is 49.8 cm³/mol. The van der Waals surface area contributed by atoms with Crippen molar-refractivity contribution >= 4 is 0 Å². The van der Waals surface area contributed by atoms with Crippen LogP contribution in [0.2, 0.25) is 0 Å². The highest BCUT2D eigenvalue weighted by Gasteiger charge is 2.04. The molecule has 0 unspecified atom stereocenters. The standard InChI is InChI=1S/C11H12O/c1-3-6-11(12)10-8-5-4-7-9(10)2/h4-8,11-12H,1H2,2H3/t11-/m0/s1. The molecule has 1 atom stereocenters. The van der Waals surface area contributed by atoms with E-state index in [4.69, 9.17) is 0 Å². The van der Waals surface area contributed by atoms with Crippen LogP contribution >= 0.6 is 0 Å². The Morgan fingerprint density at radius 2 is 2.17 bits per heavy atom. The zero-order valence-electron chi connectivity index (χ0n) is 7.12. The van der Waals surface area contributed by atoms with Gasteiger partial charge in [0, 0.05) is 0 Å². The molecule has 0 aliphatic rings. The van der Waals surface area contributed by atoms with Crippen LogP contribution in [-0.4, -0.2) is 5.11 Å². The number of aliphatic hydroxyl groups excluding tert-OH is 1. The highest BCUT2D eigenvalue weighted by molar-refractivity contribution is 5.29. The van der Waals surface area contributed by atoms with Crippen molar-refractivity contribution in [1.29, 1.82) is 0 Å². The fourth-order valence-corrected chi connectivity index (χ4v) is 1.12. The van der Waals surface area contributed by atoms with E-state index < -0.39 is 6.10 Å². The summed E-state index contributed by atoms with van der Waals surface area (Å²) in [6.45, 7) is 5.38. The molecular formula is C11H12O. The van der Waals surface area contributed by atoms with E-state index >= 15 is 0 Å². The zero-order chi connectivity index (χ0) is 8.97. The van der Waals surface area contributed by atoms with Gasteiger partial charge in [-0.15, -0.1) is 5.73 Å². The van der Waals surface area contributed by atoms with Crippen LogP contribution in [-0.2, 0) is 0 Å². The highest BCUT2D eigenvalue weighted by atomic mass is 16.3. The summed E-state index contributed by atoms with van der Waals surface area (Å²) in [4.78, 5) is 0. The van der Waals surface area contributed by atoms with Crippen LogP contribution in [0.1, 0.15) is 17.2 Å². The monoisotopic (exact) mass is 160 g/mol. The molecule has 0 saturated carbocycles. The molecule has 12 heavy (non-hydrogen) atoms. The van der Waals surface area contributed by atoms with Gasteiger partial charge in [0.15, 0.2) is 0 Å². The van der Waals surface area contributed by atoms with Crippen LogP contribution in [0.5, 0.6) is 0 Å². The molecule has 0 bridgehead atoms. The lowest BCUT2D eigenvalue weighted by molar-refractivity contribution is 0.228. The van der Waals surface area contributed by atoms with Crippen LogP contribution in [0.25, 0.3) is 0 Å². The minimum absolute atomic E-state index is 0.580. The summed E-state index contributed by atoms with van der Waals surface area (Å²) in [6, 6.07) is 7.72. The number of rotatable bonds is 2. The third kappa shape index (κ3) is 1.85. The molecule has 0 amide bonds. The smallest absolute Gasteiger partial charge is 0.105 e. The number of aryl methyl sites for hydroxylation is 1. The third-order valence-electron chi connectivity index (χ3n) is 1.78. The zero-order valence-corrected chi connectivity index (χ0v) is 7.12. The van der Waals surface area contributed by atoms with Gasteiger partial charge in [-0.3, -0.25) is 0 Å². The fourth-order valence-electron chi connectivity index (χ4n) is 1.12. The van der Waals surface area contributed by atoms with E-state index in [2.05, 4.69) is 12.3 Å². The van der Waals surface area contributed by atoms with E-state index in [1.165, 1.54) is 0 Å². The highest BCUT2D eigenvalue weighted by Crippen LogP contribution is 2.17. The van der Waals surface area contributed by atoms with Crippen molar-refractivity contribution in [3.63, 3.8) is 0 Å². The average molecular weight is 160 g/mol. The van der Waals surface area contributed by atoms with Crippen molar-refractivity contribution < 1.29 is 5.11 Å². The summed E-state index contributed by atoms with van der Waals surface area (Å²) < 4.78 is 0. The molecule has 62 valence electrons. The van der Waals surface area contributed by atoms with Crippen molar-refractivity contribution in [3.05, 3.63) is 53.8 Å². The summed E-state index contributed by atoms with van der Waals surface area (Å²) in [5.74, 6) is 0. The summed E-state index contributed by atoms with van der Waals surface area (Å²) >= 11 is 0. The fraction of sp³-hybridized carbons (Fsp3) is 0.182. The Bertz CT molecular complexity index is 309. The minimum atomic E-state index is -0.580. The second-order valence-corrected chi connectivity index (χ2v) is 2.67. The molecule has 1 heteroatoms. The maximum absolute atomic E-state index is 9.54. The first-order chi connectivity index (χ1) is 5.75. The molecule has 1 aromatic carbocycles. The minimum Gasteiger partial charge on any atom is -0.384 e. The second-order valence-electron chi connectivity index (χ2n) is 2.67. The second kappa shape index (κ2) is 3.91. The van der Waals surface area contributed by atoms with E-state index in [9.17, 15) is 5.11 Å². The van der Waals surface area contributed by atoms with Crippen molar-refractivity contribution in [1.82, 2.24) is 0 Å². The Balaban J connectivity index is 3.02. The topological polar surface area (TPSA) is 20.2 Å². The Hall–Kier alpha value is -1.30. The van der Waals surface area contributed by atoms with Gasteiger partial charge in [0.05, 0.1) is 0 Å². The first-order valence-corrected chi connectivity index (χ1v) is 3.85. The van der Waals surface area contributed by atoms with Gasteiger partial charge in [-0.05, 0) is 24.1 Å². The van der Waals surface area contributed by atoms with Crippen molar-refractivity contribution in [2.75, 3.05) is 0 Å². The van der Waals surface area contributed by atoms with Crippen LogP contribution in [0, 0.1) is 6.92 Å². The number of hydrogen-bond donors (Lipinski definition) is 1. The van der Waals surface area contributed by atoms with Gasteiger partial charge in [0.25, 0.3) is 0 Å². The van der Waals surface area contributed by atoms with Gasteiger partial charge >= 0.3 is 0 Å². The molecule has 0 aromatic heterocycles. The average Bonchev–Trinajstić information content (AvgIpc) is 2.05. The normalized spacial score (nSPS) is 11.8. The molecule has 0 spiro atoms. The SMILES string of the molecule is C=C=C[C@H](O)c1ccccc1C. The molecular weight excluding hydrogens is 148 g/mol. The number of hydrogen-bond acceptors (Lipinski definition) is 1. The molecule has 1 rings (SSSR count). The number of aliphatic hydroxyl groups is 1.